The maximum Gasteiger partial charge on any atom is 0.220 e. The van der Waals surface area contributed by atoms with Crippen LogP contribution in [0.2, 0.25) is 5.02 Å². The molecule has 0 unspecified atom stereocenters. The second-order valence-electron chi connectivity index (χ2n) is 7.10. The number of nitrogens with one attached hydrogen (secondary N) is 2. The summed E-state index contributed by atoms with van der Waals surface area (Å²) < 4.78 is 20.9. The number of aromatic nitrogens is 3. The minimum Gasteiger partial charge on any atom is -0.493 e. The number of carbonyl (C=O) groups is 1. The highest BCUT2D eigenvalue weighted by atomic mass is 35.5. The zero-order chi connectivity index (χ0) is 21.3. The Morgan fingerprint density at radius 1 is 1.40 bits per heavy atom. The van der Waals surface area contributed by atoms with Gasteiger partial charge in [-0.2, -0.15) is 0 Å². The van der Waals surface area contributed by atoms with E-state index in [4.69, 9.17) is 16.3 Å². The molecule has 1 aliphatic heterocycles. The number of hydrogen-bond acceptors (Lipinski definition) is 6. The van der Waals surface area contributed by atoms with Crippen LogP contribution in [0.25, 0.3) is 11.0 Å². The third kappa shape index (κ3) is 3.75. The average Bonchev–Trinajstić information content (AvgIpc) is 3.17. The van der Waals surface area contributed by atoms with Gasteiger partial charge in [0.15, 0.2) is 5.82 Å². The number of anilines is 1. The van der Waals surface area contributed by atoms with Crippen LogP contribution in [-0.2, 0) is 4.79 Å². The highest BCUT2D eigenvalue weighted by Gasteiger charge is 2.32. The normalized spacial score (nSPS) is 17.1. The molecule has 0 bridgehead atoms. The molecular formula is C21H21ClFN5O2. The molecule has 0 saturated carbocycles. The molecule has 30 heavy (non-hydrogen) atoms. The lowest BCUT2D eigenvalue weighted by molar-refractivity contribution is -0.119. The van der Waals surface area contributed by atoms with Crippen LogP contribution in [-0.4, -0.2) is 34.0 Å². The van der Waals surface area contributed by atoms with E-state index in [1.807, 2.05) is 19.9 Å². The number of ether oxygens (including phenoxy) is 1. The topological polar surface area (TPSA) is 89.0 Å². The summed E-state index contributed by atoms with van der Waals surface area (Å²) in [5, 5.41) is 6.05. The minimum atomic E-state index is -0.549. The number of fused-ring (bicyclic) bond motifs is 1. The van der Waals surface area contributed by atoms with E-state index in [0.29, 0.717) is 46.9 Å². The third-order valence-corrected chi connectivity index (χ3v) is 5.40. The van der Waals surface area contributed by atoms with Crippen LogP contribution in [0, 0.1) is 5.82 Å². The number of hydrogen-bond donors (Lipinski definition) is 2. The summed E-state index contributed by atoms with van der Waals surface area (Å²) in [4.78, 5) is 24.6. The van der Waals surface area contributed by atoms with Crippen LogP contribution < -0.4 is 15.4 Å². The molecule has 0 spiro atoms. The zero-order valence-corrected chi connectivity index (χ0v) is 17.3. The first-order valence-corrected chi connectivity index (χ1v) is 10.1. The molecule has 156 valence electrons. The molecule has 1 aromatic carbocycles. The van der Waals surface area contributed by atoms with Crippen molar-refractivity contribution in [2.45, 2.75) is 32.2 Å². The van der Waals surface area contributed by atoms with Gasteiger partial charge >= 0.3 is 0 Å². The Balaban J connectivity index is 1.77. The van der Waals surface area contributed by atoms with Gasteiger partial charge in [0.1, 0.15) is 23.4 Å². The average molecular weight is 430 g/mol. The van der Waals surface area contributed by atoms with E-state index in [1.54, 1.807) is 18.3 Å². The maximum absolute atomic E-state index is 15.0. The Bertz CT molecular complexity index is 1100. The number of benzene rings is 1. The van der Waals surface area contributed by atoms with E-state index in [0.717, 1.165) is 0 Å². The first-order valence-electron chi connectivity index (χ1n) is 9.73. The molecule has 0 radical (unpaired) electrons. The molecule has 1 amide bonds. The predicted molar refractivity (Wildman–Crippen MR) is 112 cm³/mol. The Hall–Kier alpha value is -3.00. The van der Waals surface area contributed by atoms with Crippen molar-refractivity contribution in [1.29, 1.82) is 0 Å². The van der Waals surface area contributed by atoms with Gasteiger partial charge in [-0.1, -0.05) is 11.6 Å². The van der Waals surface area contributed by atoms with Gasteiger partial charge in [0.05, 0.1) is 23.2 Å². The predicted octanol–water partition coefficient (Wildman–Crippen LogP) is 3.99. The maximum atomic E-state index is 15.0. The molecular weight excluding hydrogens is 409 g/mol. The molecule has 1 saturated heterocycles. The van der Waals surface area contributed by atoms with Crippen LogP contribution >= 0.6 is 11.6 Å². The van der Waals surface area contributed by atoms with E-state index in [9.17, 15) is 4.79 Å². The fourth-order valence-corrected chi connectivity index (χ4v) is 3.95. The minimum absolute atomic E-state index is 0.0119. The van der Waals surface area contributed by atoms with E-state index in [2.05, 4.69) is 25.6 Å². The van der Waals surface area contributed by atoms with Crippen LogP contribution in [0.5, 0.6) is 5.75 Å². The molecule has 3 aromatic rings. The quantitative estimate of drug-likeness (QED) is 0.615. The monoisotopic (exact) mass is 429 g/mol. The fraction of sp³-hybridized carbons (Fsp3) is 0.333. The highest BCUT2D eigenvalue weighted by Crippen LogP contribution is 2.42. The lowest BCUT2D eigenvalue weighted by Gasteiger charge is -2.24. The first-order chi connectivity index (χ1) is 14.5. The van der Waals surface area contributed by atoms with Crippen molar-refractivity contribution >= 4 is 34.4 Å². The summed E-state index contributed by atoms with van der Waals surface area (Å²) >= 11 is 6.25. The summed E-state index contributed by atoms with van der Waals surface area (Å²) in [6, 6.07) is 4.89. The lowest BCUT2D eigenvalue weighted by atomic mass is 9.92. The second kappa shape index (κ2) is 8.39. The molecule has 2 aromatic heterocycles. The van der Waals surface area contributed by atoms with E-state index < -0.39 is 5.82 Å². The lowest BCUT2D eigenvalue weighted by Crippen LogP contribution is -2.16. The Kier molecular flexibility index (Phi) is 5.67. The van der Waals surface area contributed by atoms with Gasteiger partial charge in [0, 0.05) is 36.2 Å². The number of amides is 1. The molecule has 2 atom stereocenters. The molecule has 1 fully saturated rings. The van der Waals surface area contributed by atoms with Gasteiger partial charge in [-0.15, -0.1) is 0 Å². The Morgan fingerprint density at radius 3 is 2.97 bits per heavy atom. The van der Waals surface area contributed by atoms with Gasteiger partial charge in [-0.05, 0) is 32.0 Å². The number of pyridine rings is 1. The molecule has 3 heterocycles. The van der Waals surface area contributed by atoms with E-state index >= 15 is 4.39 Å². The number of rotatable bonds is 6. The van der Waals surface area contributed by atoms with Crippen molar-refractivity contribution in [3.05, 3.63) is 52.7 Å². The molecule has 0 aliphatic carbocycles. The van der Waals surface area contributed by atoms with Gasteiger partial charge in [0.25, 0.3) is 0 Å². The summed E-state index contributed by atoms with van der Waals surface area (Å²) in [7, 11) is 0. The number of halogens is 2. The summed E-state index contributed by atoms with van der Waals surface area (Å²) in [6.45, 7) is 4.43. The first kappa shape index (κ1) is 20.3. The SMILES string of the molecule is CCOc1c([C@H](C)Nc2ncnc3cccnc23)cc(Cl)c(F)c1[C@H]1CNC(=O)C1. The molecule has 4 rings (SSSR count). The van der Waals surface area contributed by atoms with E-state index in [-0.39, 0.29) is 29.3 Å². The van der Waals surface area contributed by atoms with Crippen molar-refractivity contribution in [3.63, 3.8) is 0 Å². The van der Waals surface area contributed by atoms with Crippen molar-refractivity contribution < 1.29 is 13.9 Å². The van der Waals surface area contributed by atoms with Crippen molar-refractivity contribution in [3.8, 4) is 5.75 Å². The summed E-state index contributed by atoms with van der Waals surface area (Å²) in [6.07, 6.45) is 3.32. The van der Waals surface area contributed by atoms with Crippen molar-refractivity contribution in [2.75, 3.05) is 18.5 Å². The van der Waals surface area contributed by atoms with Gasteiger partial charge < -0.3 is 15.4 Å². The molecule has 2 N–H and O–H groups in total. The zero-order valence-electron chi connectivity index (χ0n) is 16.6. The smallest absolute Gasteiger partial charge is 0.220 e. The van der Waals surface area contributed by atoms with Crippen molar-refractivity contribution in [1.82, 2.24) is 20.3 Å². The fourth-order valence-electron chi connectivity index (χ4n) is 3.73. The van der Waals surface area contributed by atoms with E-state index in [1.165, 1.54) is 6.33 Å². The van der Waals surface area contributed by atoms with Crippen LogP contribution in [0.15, 0.2) is 30.7 Å². The van der Waals surface area contributed by atoms with Crippen LogP contribution in [0.1, 0.15) is 43.4 Å². The molecule has 7 nitrogen and oxygen atoms in total. The van der Waals surface area contributed by atoms with Crippen LogP contribution in [0.3, 0.4) is 0 Å². The Labute approximate surface area is 178 Å². The Morgan fingerprint density at radius 2 is 2.23 bits per heavy atom. The largest absolute Gasteiger partial charge is 0.493 e. The van der Waals surface area contributed by atoms with Crippen LogP contribution in [0.4, 0.5) is 10.2 Å². The third-order valence-electron chi connectivity index (χ3n) is 5.12. The number of carbonyl (C=O) groups excluding carboxylic acids is 1. The van der Waals surface area contributed by atoms with Gasteiger partial charge in [-0.25, -0.2) is 14.4 Å². The summed E-state index contributed by atoms with van der Waals surface area (Å²) in [5.41, 5.74) is 2.35. The molecule has 9 heteroatoms. The second-order valence-corrected chi connectivity index (χ2v) is 7.51. The highest BCUT2D eigenvalue weighted by molar-refractivity contribution is 6.31. The van der Waals surface area contributed by atoms with Gasteiger partial charge in [-0.3, -0.25) is 9.78 Å². The van der Waals surface area contributed by atoms with Crippen molar-refractivity contribution in [2.24, 2.45) is 0 Å². The standard InChI is InChI=1S/C21H21ClFN5O2/c1-3-30-20-13(8-14(22)18(23)17(20)12-7-16(29)25-9-12)11(2)28-21-19-15(26-10-27-21)5-4-6-24-19/h4-6,8,10-12H,3,7,9H2,1-2H3,(H,25,29)(H,26,27,28)/t11-,12+/m0/s1. The van der Waals surface area contributed by atoms with Gasteiger partial charge in [0.2, 0.25) is 5.91 Å². The number of nitrogens with zero attached hydrogens (tertiary/aromatic N) is 3. The molecule has 1 aliphatic rings. The summed E-state index contributed by atoms with van der Waals surface area (Å²) in [5.74, 6) is -0.0486.